The Kier molecular flexibility index (Phi) is 7.87. The number of piperidine rings is 1. The van der Waals surface area contributed by atoms with Gasteiger partial charge in [-0.05, 0) is 86.0 Å². The lowest BCUT2D eigenvalue weighted by molar-refractivity contribution is -0.119. The number of thioether (sulfide) groups is 1. The van der Waals surface area contributed by atoms with E-state index < -0.39 is 0 Å². The van der Waals surface area contributed by atoms with Crippen molar-refractivity contribution in [2.75, 3.05) is 33.0 Å². The van der Waals surface area contributed by atoms with Gasteiger partial charge in [0.1, 0.15) is 11.3 Å². The summed E-state index contributed by atoms with van der Waals surface area (Å²) in [5.41, 5.74) is 4.03. The number of nitrogens with zero attached hydrogens (tertiary/aromatic N) is 1. The van der Waals surface area contributed by atoms with Crippen molar-refractivity contribution in [2.45, 2.75) is 30.6 Å². The first-order valence-electron chi connectivity index (χ1n) is 12.8. The molecule has 192 valence electrons. The smallest absolute Gasteiger partial charge is 0.161 e. The minimum absolute atomic E-state index is 0.0919. The van der Waals surface area contributed by atoms with Gasteiger partial charge < -0.3 is 14.3 Å². The first kappa shape index (κ1) is 25.4. The highest BCUT2D eigenvalue weighted by molar-refractivity contribution is 7.99. The van der Waals surface area contributed by atoms with Crippen LogP contribution in [0.15, 0.2) is 76.0 Å². The Balaban J connectivity index is 1.23. The minimum Gasteiger partial charge on any atom is -0.504 e. The van der Waals surface area contributed by atoms with E-state index in [-0.39, 0.29) is 11.5 Å². The molecule has 0 bridgehead atoms. The number of rotatable bonds is 9. The van der Waals surface area contributed by atoms with Crippen molar-refractivity contribution in [1.82, 2.24) is 4.90 Å². The highest BCUT2D eigenvalue weighted by Crippen LogP contribution is 2.42. The van der Waals surface area contributed by atoms with Crippen molar-refractivity contribution in [2.24, 2.45) is 5.92 Å². The predicted octanol–water partition coefficient (Wildman–Crippen LogP) is 6.60. The maximum atomic E-state index is 13.0. The monoisotopic (exact) mass is 515 g/mol. The number of Topliss-reactive ketones (excluding diaryl/α,β-unsaturated/α-hetero) is 1. The molecular weight excluding hydrogens is 482 g/mol. The third-order valence-corrected chi connectivity index (χ3v) is 8.04. The number of furan rings is 1. The molecule has 4 aromatic rings. The highest BCUT2D eigenvalue weighted by atomic mass is 32.2. The van der Waals surface area contributed by atoms with Gasteiger partial charge in [-0.1, -0.05) is 36.4 Å². The topological polar surface area (TPSA) is 62.9 Å². The molecule has 3 aromatic carbocycles. The van der Waals surface area contributed by atoms with Crippen LogP contribution in [-0.2, 0) is 17.6 Å². The molecule has 0 spiro atoms. The van der Waals surface area contributed by atoms with E-state index in [9.17, 15) is 9.90 Å². The molecule has 1 saturated heterocycles. The van der Waals surface area contributed by atoms with Crippen molar-refractivity contribution in [3.8, 4) is 22.8 Å². The number of aromatic hydroxyl groups is 1. The fraction of sp³-hybridized carbons (Fsp3) is 0.323. The van der Waals surface area contributed by atoms with Crippen LogP contribution in [0.25, 0.3) is 22.3 Å². The number of ketones is 1. The first-order chi connectivity index (χ1) is 18.0. The summed E-state index contributed by atoms with van der Waals surface area (Å²) in [5.74, 6) is 2.18. The minimum atomic E-state index is 0.0919. The third-order valence-electron chi connectivity index (χ3n) is 7.23. The van der Waals surface area contributed by atoms with E-state index in [4.69, 9.17) is 9.15 Å². The van der Waals surface area contributed by atoms with Gasteiger partial charge in [0.2, 0.25) is 0 Å². The molecule has 0 saturated carbocycles. The predicted molar refractivity (Wildman–Crippen MR) is 150 cm³/mol. The molecule has 1 aromatic heterocycles. The molecule has 0 radical (unpaired) electrons. The van der Waals surface area contributed by atoms with Gasteiger partial charge in [0.25, 0.3) is 0 Å². The number of hydrogen-bond donors (Lipinski definition) is 1. The Hall–Kier alpha value is -3.22. The number of phenols is 1. The molecule has 1 N–H and O–H groups in total. The van der Waals surface area contributed by atoms with Gasteiger partial charge in [-0.25, -0.2) is 0 Å². The average Bonchev–Trinajstić information content (AvgIpc) is 3.28. The van der Waals surface area contributed by atoms with Gasteiger partial charge in [-0.15, -0.1) is 11.8 Å². The van der Waals surface area contributed by atoms with Crippen LogP contribution in [-0.4, -0.2) is 48.8 Å². The summed E-state index contributed by atoms with van der Waals surface area (Å²) in [6.45, 7) is 2.48. The Morgan fingerprint density at radius 3 is 2.57 bits per heavy atom. The lowest BCUT2D eigenvalue weighted by Crippen LogP contribution is -2.38. The number of carbonyl (C=O) groups excluding carboxylic acids is 1. The Morgan fingerprint density at radius 1 is 1.05 bits per heavy atom. The zero-order valence-corrected chi connectivity index (χ0v) is 22.2. The van der Waals surface area contributed by atoms with Crippen LogP contribution < -0.4 is 4.74 Å². The zero-order valence-electron chi connectivity index (χ0n) is 21.4. The lowest BCUT2D eigenvalue weighted by Gasteiger charge is -2.31. The number of phenolic OH excluding ortho intramolecular Hbond substituents is 1. The summed E-state index contributed by atoms with van der Waals surface area (Å²) in [6, 6.07) is 21.9. The van der Waals surface area contributed by atoms with E-state index in [1.807, 2.05) is 24.5 Å². The number of carbonyl (C=O) groups is 1. The summed E-state index contributed by atoms with van der Waals surface area (Å²) in [7, 11) is 1.53. The molecule has 0 amide bonds. The second-order valence-corrected chi connectivity index (χ2v) is 10.6. The molecular formula is C31H33NO4S. The average molecular weight is 516 g/mol. The maximum Gasteiger partial charge on any atom is 0.161 e. The van der Waals surface area contributed by atoms with E-state index in [1.54, 1.807) is 23.9 Å². The van der Waals surface area contributed by atoms with E-state index in [0.717, 1.165) is 65.1 Å². The van der Waals surface area contributed by atoms with Crippen LogP contribution in [0.2, 0.25) is 0 Å². The molecule has 5 rings (SSSR count). The number of likely N-dealkylation sites (tertiary alicyclic amines) is 1. The van der Waals surface area contributed by atoms with Crippen LogP contribution in [0.4, 0.5) is 0 Å². The number of benzene rings is 3. The standard InChI is InChI=1S/C31H33NO4S/c1-35-29-19-24(9-10-27(29)34)30-31(37-2)26-18-23(8-11-28(26)36-30)17-25(33)20-32-14-12-22(13-15-32)16-21-6-4-3-5-7-21/h3-11,18-19,22,34H,12-17,20H2,1-2H3. The van der Waals surface area contributed by atoms with Gasteiger partial charge >= 0.3 is 0 Å². The van der Waals surface area contributed by atoms with Crippen LogP contribution in [0, 0.1) is 5.92 Å². The van der Waals surface area contributed by atoms with Gasteiger partial charge in [0, 0.05) is 17.4 Å². The van der Waals surface area contributed by atoms with E-state index >= 15 is 0 Å². The first-order valence-corrected chi connectivity index (χ1v) is 14.0. The molecule has 0 atom stereocenters. The maximum absolute atomic E-state index is 13.0. The van der Waals surface area contributed by atoms with E-state index in [2.05, 4.69) is 41.3 Å². The number of hydrogen-bond acceptors (Lipinski definition) is 6. The van der Waals surface area contributed by atoms with Crippen LogP contribution in [0.3, 0.4) is 0 Å². The Bertz CT molecular complexity index is 1370. The molecule has 0 unspecified atom stereocenters. The van der Waals surface area contributed by atoms with Gasteiger partial charge in [0.05, 0.1) is 18.6 Å². The SMILES string of the molecule is COc1cc(-c2oc3ccc(CC(=O)CN4CCC(Cc5ccccc5)CC4)cc3c2SC)ccc1O. The quantitative estimate of drug-likeness (QED) is 0.253. The summed E-state index contributed by atoms with van der Waals surface area (Å²) in [4.78, 5) is 16.3. The Morgan fingerprint density at radius 2 is 1.84 bits per heavy atom. The van der Waals surface area contributed by atoms with Crippen molar-refractivity contribution >= 4 is 28.5 Å². The summed E-state index contributed by atoms with van der Waals surface area (Å²) in [5, 5.41) is 11.0. The van der Waals surface area contributed by atoms with Crippen molar-refractivity contribution in [3.05, 3.63) is 77.9 Å². The highest BCUT2D eigenvalue weighted by Gasteiger charge is 2.22. The molecule has 5 nitrogen and oxygen atoms in total. The molecule has 6 heteroatoms. The molecule has 1 fully saturated rings. The van der Waals surface area contributed by atoms with E-state index in [1.165, 1.54) is 12.7 Å². The number of fused-ring (bicyclic) bond motifs is 1. The van der Waals surface area contributed by atoms with Crippen LogP contribution in [0.1, 0.15) is 24.0 Å². The van der Waals surface area contributed by atoms with Gasteiger partial charge in [-0.2, -0.15) is 0 Å². The second kappa shape index (κ2) is 11.4. The van der Waals surface area contributed by atoms with Gasteiger partial charge in [-0.3, -0.25) is 9.69 Å². The van der Waals surface area contributed by atoms with Crippen molar-refractivity contribution < 1.29 is 19.1 Å². The summed E-state index contributed by atoms with van der Waals surface area (Å²) < 4.78 is 11.5. The summed E-state index contributed by atoms with van der Waals surface area (Å²) in [6.07, 6.45) is 5.85. The third kappa shape index (κ3) is 5.86. The number of ether oxygens (including phenoxy) is 1. The fourth-order valence-electron chi connectivity index (χ4n) is 5.27. The second-order valence-electron chi connectivity index (χ2n) is 9.81. The lowest BCUT2D eigenvalue weighted by atomic mass is 9.90. The van der Waals surface area contributed by atoms with Gasteiger partial charge in [0.15, 0.2) is 17.3 Å². The Labute approximate surface area is 222 Å². The molecule has 2 heterocycles. The normalized spacial score (nSPS) is 14.8. The fourth-order valence-corrected chi connectivity index (χ4v) is 6.00. The number of methoxy groups -OCH3 is 1. The molecule has 0 aliphatic carbocycles. The summed E-state index contributed by atoms with van der Waals surface area (Å²) >= 11 is 1.61. The molecule has 37 heavy (non-hydrogen) atoms. The largest absolute Gasteiger partial charge is 0.504 e. The van der Waals surface area contributed by atoms with E-state index in [0.29, 0.717) is 24.6 Å². The zero-order chi connectivity index (χ0) is 25.8. The van der Waals surface area contributed by atoms with Crippen molar-refractivity contribution in [1.29, 1.82) is 0 Å². The molecule has 1 aliphatic rings. The van der Waals surface area contributed by atoms with Crippen molar-refractivity contribution in [3.63, 3.8) is 0 Å². The van der Waals surface area contributed by atoms with Crippen LogP contribution >= 0.6 is 11.8 Å². The van der Waals surface area contributed by atoms with Crippen LogP contribution in [0.5, 0.6) is 11.5 Å². The molecule has 1 aliphatic heterocycles.